The van der Waals surface area contributed by atoms with Gasteiger partial charge < -0.3 is 5.32 Å². The van der Waals surface area contributed by atoms with Crippen LogP contribution >= 0.6 is 11.3 Å². The monoisotopic (exact) mass is 386 g/mol. The van der Waals surface area contributed by atoms with Crippen molar-refractivity contribution < 1.29 is 22.0 Å². The number of carbonyl (C=O) groups is 1. The number of hydrogen-bond acceptors (Lipinski definition) is 4. The second-order valence-electron chi connectivity index (χ2n) is 5.66. The third kappa shape index (κ3) is 3.73. The largest absolute Gasteiger partial charge is 0.321 e. The van der Waals surface area contributed by atoms with Gasteiger partial charge in [-0.3, -0.25) is 4.79 Å². The predicted octanol–water partition coefficient (Wildman–Crippen LogP) is 3.45. The average molecular weight is 386 g/mol. The second kappa shape index (κ2) is 7.19. The number of amides is 1. The van der Waals surface area contributed by atoms with Crippen LogP contribution < -0.4 is 5.32 Å². The Balaban J connectivity index is 1.85. The van der Waals surface area contributed by atoms with Crippen LogP contribution in [0.25, 0.3) is 0 Å². The summed E-state index contributed by atoms with van der Waals surface area (Å²) >= 11 is 0.989. The van der Waals surface area contributed by atoms with Crippen LogP contribution in [-0.4, -0.2) is 31.7 Å². The van der Waals surface area contributed by atoms with Crippen LogP contribution in [0.5, 0.6) is 0 Å². The van der Waals surface area contributed by atoms with Crippen molar-refractivity contribution in [2.24, 2.45) is 0 Å². The molecule has 0 unspecified atom stereocenters. The van der Waals surface area contributed by atoms with Crippen LogP contribution in [0.1, 0.15) is 28.9 Å². The van der Waals surface area contributed by atoms with Crippen LogP contribution in [0.15, 0.2) is 34.5 Å². The first-order valence-corrected chi connectivity index (χ1v) is 10.1. The fourth-order valence-electron chi connectivity index (χ4n) is 2.67. The molecule has 0 saturated carbocycles. The van der Waals surface area contributed by atoms with E-state index >= 15 is 0 Å². The molecule has 2 aromatic rings. The summed E-state index contributed by atoms with van der Waals surface area (Å²) in [4.78, 5) is 12.4. The first-order chi connectivity index (χ1) is 11.9. The molecule has 134 valence electrons. The van der Waals surface area contributed by atoms with E-state index in [-0.39, 0.29) is 15.5 Å². The maximum absolute atomic E-state index is 13.3. The van der Waals surface area contributed by atoms with Gasteiger partial charge in [0.05, 0.1) is 0 Å². The zero-order valence-electron chi connectivity index (χ0n) is 13.2. The van der Waals surface area contributed by atoms with Gasteiger partial charge in [-0.15, -0.1) is 11.3 Å². The molecule has 0 atom stereocenters. The molecule has 0 aliphatic carbocycles. The first-order valence-electron chi connectivity index (χ1n) is 7.73. The SMILES string of the molecule is O=C(Nc1ccc(F)c(F)c1)c1sccc1S(=O)(=O)N1CCCCC1. The summed E-state index contributed by atoms with van der Waals surface area (Å²) < 4.78 is 53.1. The minimum absolute atomic E-state index is 0.0234. The zero-order valence-corrected chi connectivity index (χ0v) is 14.8. The lowest BCUT2D eigenvalue weighted by atomic mass is 10.2. The lowest BCUT2D eigenvalue weighted by molar-refractivity contribution is 0.102. The molecule has 0 spiro atoms. The minimum Gasteiger partial charge on any atom is -0.321 e. The standard InChI is InChI=1S/C16H16F2N2O3S2/c17-12-5-4-11(10-13(12)18)19-16(21)15-14(6-9-24-15)25(22,23)20-7-2-1-3-8-20/h4-6,9-10H,1-3,7-8H2,(H,19,21). The highest BCUT2D eigenvalue weighted by Crippen LogP contribution is 2.28. The number of nitrogens with one attached hydrogen (secondary N) is 1. The third-order valence-corrected chi connectivity index (χ3v) is 6.93. The Morgan fingerprint density at radius 2 is 1.80 bits per heavy atom. The van der Waals surface area contributed by atoms with Crippen LogP contribution in [0.4, 0.5) is 14.5 Å². The maximum atomic E-state index is 13.3. The Labute approximate surface area is 148 Å². The molecule has 1 aliphatic rings. The van der Waals surface area contributed by atoms with Gasteiger partial charge >= 0.3 is 0 Å². The van der Waals surface area contributed by atoms with E-state index in [1.807, 2.05) is 0 Å². The van der Waals surface area contributed by atoms with E-state index in [2.05, 4.69) is 5.32 Å². The van der Waals surface area contributed by atoms with E-state index in [0.717, 1.165) is 42.7 Å². The minimum atomic E-state index is -3.75. The van der Waals surface area contributed by atoms with Gasteiger partial charge in [0.15, 0.2) is 11.6 Å². The highest BCUT2D eigenvalue weighted by Gasteiger charge is 2.31. The Hall–Kier alpha value is -1.84. The molecule has 1 amide bonds. The fraction of sp³-hybridized carbons (Fsp3) is 0.312. The molecule has 25 heavy (non-hydrogen) atoms. The number of piperidine rings is 1. The van der Waals surface area contributed by atoms with Gasteiger partial charge in [-0.2, -0.15) is 4.31 Å². The highest BCUT2D eigenvalue weighted by atomic mass is 32.2. The molecule has 1 N–H and O–H groups in total. The molecule has 9 heteroatoms. The Bertz CT molecular complexity index is 891. The van der Waals surface area contributed by atoms with Crippen molar-refractivity contribution in [2.45, 2.75) is 24.2 Å². The van der Waals surface area contributed by atoms with Crippen LogP contribution in [0.3, 0.4) is 0 Å². The summed E-state index contributed by atoms with van der Waals surface area (Å²) in [5.41, 5.74) is 0.0543. The van der Waals surface area contributed by atoms with Crippen molar-refractivity contribution in [1.29, 1.82) is 0 Å². The average Bonchev–Trinajstić information content (AvgIpc) is 3.10. The summed E-state index contributed by atoms with van der Waals surface area (Å²) in [6.45, 7) is 0.866. The van der Waals surface area contributed by atoms with Gasteiger partial charge in [0.2, 0.25) is 10.0 Å². The molecule has 5 nitrogen and oxygen atoms in total. The topological polar surface area (TPSA) is 66.5 Å². The molecular weight excluding hydrogens is 370 g/mol. The molecule has 2 heterocycles. The normalized spacial score (nSPS) is 15.9. The Morgan fingerprint density at radius 3 is 2.48 bits per heavy atom. The van der Waals surface area contributed by atoms with Crippen molar-refractivity contribution in [3.05, 3.63) is 46.2 Å². The molecule has 3 rings (SSSR count). The van der Waals surface area contributed by atoms with Crippen molar-refractivity contribution in [1.82, 2.24) is 4.31 Å². The summed E-state index contributed by atoms with van der Waals surface area (Å²) in [6, 6.07) is 4.35. The number of carbonyl (C=O) groups excluding carboxylic acids is 1. The van der Waals surface area contributed by atoms with Crippen LogP contribution in [0.2, 0.25) is 0 Å². The molecule has 1 aromatic heterocycles. The van der Waals surface area contributed by atoms with E-state index in [9.17, 15) is 22.0 Å². The van der Waals surface area contributed by atoms with E-state index in [0.29, 0.717) is 13.1 Å². The summed E-state index contributed by atoms with van der Waals surface area (Å²) in [5, 5.41) is 3.93. The molecule has 1 aromatic carbocycles. The number of anilines is 1. The number of halogens is 2. The van der Waals surface area contributed by atoms with E-state index < -0.39 is 27.6 Å². The molecule has 1 saturated heterocycles. The van der Waals surface area contributed by atoms with Crippen molar-refractivity contribution in [3.63, 3.8) is 0 Å². The van der Waals surface area contributed by atoms with Crippen LogP contribution in [-0.2, 0) is 10.0 Å². The van der Waals surface area contributed by atoms with Crippen molar-refractivity contribution in [2.75, 3.05) is 18.4 Å². The fourth-order valence-corrected chi connectivity index (χ4v) is 5.49. The van der Waals surface area contributed by atoms with E-state index in [4.69, 9.17) is 0 Å². The van der Waals surface area contributed by atoms with Gasteiger partial charge in [-0.1, -0.05) is 6.42 Å². The highest BCUT2D eigenvalue weighted by molar-refractivity contribution is 7.89. The predicted molar refractivity (Wildman–Crippen MR) is 91.2 cm³/mol. The van der Waals surface area contributed by atoms with Gasteiger partial charge in [0.1, 0.15) is 9.77 Å². The summed E-state index contributed by atoms with van der Waals surface area (Å²) in [5.74, 6) is -2.79. The maximum Gasteiger partial charge on any atom is 0.267 e. The lowest BCUT2D eigenvalue weighted by Crippen LogP contribution is -2.36. The van der Waals surface area contributed by atoms with Gasteiger partial charge in [-0.25, -0.2) is 17.2 Å². The van der Waals surface area contributed by atoms with Crippen molar-refractivity contribution >= 4 is 33.0 Å². The molecule has 1 fully saturated rings. The summed E-state index contributed by atoms with van der Waals surface area (Å²) in [6.07, 6.45) is 2.57. The van der Waals surface area contributed by atoms with E-state index in [1.54, 1.807) is 0 Å². The number of hydrogen-bond donors (Lipinski definition) is 1. The second-order valence-corrected chi connectivity index (χ2v) is 8.48. The number of thiophene rings is 1. The summed E-state index contributed by atoms with van der Waals surface area (Å²) in [7, 11) is -3.75. The lowest BCUT2D eigenvalue weighted by Gasteiger charge is -2.25. The van der Waals surface area contributed by atoms with Crippen LogP contribution in [0, 0.1) is 11.6 Å². The van der Waals surface area contributed by atoms with Gasteiger partial charge in [-0.05, 0) is 36.4 Å². The molecule has 1 aliphatic heterocycles. The first kappa shape index (κ1) is 18.0. The third-order valence-electron chi connectivity index (χ3n) is 3.95. The number of nitrogens with zero attached hydrogens (tertiary/aromatic N) is 1. The van der Waals surface area contributed by atoms with Gasteiger partial charge in [0.25, 0.3) is 5.91 Å². The molecule has 0 radical (unpaired) electrons. The quantitative estimate of drug-likeness (QED) is 0.875. The number of sulfonamides is 1. The Kier molecular flexibility index (Phi) is 5.16. The van der Waals surface area contributed by atoms with E-state index in [1.165, 1.54) is 21.8 Å². The zero-order chi connectivity index (χ0) is 18.0. The Morgan fingerprint density at radius 1 is 1.08 bits per heavy atom. The molecule has 0 bridgehead atoms. The number of benzene rings is 1. The molecular formula is C16H16F2N2O3S2. The number of rotatable bonds is 4. The van der Waals surface area contributed by atoms with Gasteiger partial charge in [0, 0.05) is 24.8 Å². The van der Waals surface area contributed by atoms with Crippen molar-refractivity contribution in [3.8, 4) is 0 Å². The smallest absolute Gasteiger partial charge is 0.267 e.